The Morgan fingerprint density at radius 2 is 2.17 bits per heavy atom. The predicted molar refractivity (Wildman–Crippen MR) is 77.2 cm³/mol. The summed E-state index contributed by atoms with van der Waals surface area (Å²) in [4.78, 5) is 11.6. The minimum absolute atomic E-state index is 0.0468. The van der Waals surface area contributed by atoms with Crippen LogP contribution in [0.3, 0.4) is 0 Å². The van der Waals surface area contributed by atoms with Gasteiger partial charge in [0.15, 0.2) is 0 Å². The maximum atomic E-state index is 11.6. The summed E-state index contributed by atoms with van der Waals surface area (Å²) >= 11 is 11.8. The first-order valence-electron chi connectivity index (χ1n) is 5.95. The summed E-state index contributed by atoms with van der Waals surface area (Å²) in [5.41, 5.74) is 0.949. The van der Waals surface area contributed by atoms with Gasteiger partial charge in [-0.2, -0.15) is 0 Å². The van der Waals surface area contributed by atoms with Gasteiger partial charge < -0.3 is 5.32 Å². The maximum Gasteiger partial charge on any atom is 0.220 e. The van der Waals surface area contributed by atoms with Gasteiger partial charge in [-0.05, 0) is 37.5 Å². The van der Waals surface area contributed by atoms with E-state index in [1.165, 1.54) is 0 Å². The highest BCUT2D eigenvalue weighted by molar-refractivity contribution is 6.35. The number of carbonyl (C=O) groups is 1. The van der Waals surface area contributed by atoms with Crippen LogP contribution in [-0.2, 0) is 11.2 Å². The number of benzene rings is 1. The molecule has 0 radical (unpaired) electrons. The first kappa shape index (κ1) is 15.1. The van der Waals surface area contributed by atoms with E-state index in [0.29, 0.717) is 29.4 Å². The van der Waals surface area contributed by atoms with Gasteiger partial charge in [0.2, 0.25) is 5.91 Å². The third kappa shape index (κ3) is 5.56. The number of rotatable bonds is 6. The molecule has 18 heavy (non-hydrogen) atoms. The summed E-state index contributed by atoms with van der Waals surface area (Å²) in [5, 5.41) is 4.08. The van der Waals surface area contributed by atoms with Crippen LogP contribution in [0, 0.1) is 0 Å². The number of allylic oxidation sites excluding steroid dienone is 1. The molecule has 1 N–H and O–H groups in total. The van der Waals surface area contributed by atoms with Crippen molar-refractivity contribution >= 4 is 29.1 Å². The summed E-state index contributed by atoms with van der Waals surface area (Å²) < 4.78 is 0. The van der Waals surface area contributed by atoms with Gasteiger partial charge in [-0.15, -0.1) is 0 Å². The van der Waals surface area contributed by atoms with Gasteiger partial charge >= 0.3 is 0 Å². The van der Waals surface area contributed by atoms with Crippen molar-refractivity contribution in [1.29, 1.82) is 0 Å². The average Bonchev–Trinajstić information content (AvgIpc) is 2.33. The van der Waals surface area contributed by atoms with Crippen molar-refractivity contribution in [3.63, 3.8) is 0 Å². The average molecular weight is 286 g/mol. The molecule has 0 aliphatic heterocycles. The van der Waals surface area contributed by atoms with Gasteiger partial charge in [0.1, 0.15) is 0 Å². The molecule has 0 atom stereocenters. The molecule has 4 heteroatoms. The molecule has 1 amide bonds. The summed E-state index contributed by atoms with van der Waals surface area (Å²) in [6.45, 7) is 2.64. The van der Waals surface area contributed by atoms with Crippen LogP contribution in [0.1, 0.15) is 25.3 Å². The standard InChI is InChI=1S/C14H17Cl2NO/c1-2-3-4-9-17-14(18)8-6-11-5-7-12(15)10-13(11)16/h2-3,5,7,10H,4,6,8-9H2,1H3,(H,17,18)/b3-2+. The smallest absolute Gasteiger partial charge is 0.220 e. The van der Waals surface area contributed by atoms with Crippen molar-refractivity contribution in [2.24, 2.45) is 0 Å². The molecule has 0 fully saturated rings. The van der Waals surface area contributed by atoms with E-state index >= 15 is 0 Å². The predicted octanol–water partition coefficient (Wildman–Crippen LogP) is 4.01. The molecule has 0 aromatic heterocycles. The van der Waals surface area contributed by atoms with Crippen molar-refractivity contribution in [3.05, 3.63) is 46.0 Å². The summed E-state index contributed by atoms with van der Waals surface area (Å²) in [6, 6.07) is 5.34. The first-order valence-corrected chi connectivity index (χ1v) is 6.71. The second kappa shape index (κ2) is 8.17. The maximum absolute atomic E-state index is 11.6. The van der Waals surface area contributed by atoms with Crippen LogP contribution in [0.25, 0.3) is 0 Å². The highest BCUT2D eigenvalue weighted by atomic mass is 35.5. The lowest BCUT2D eigenvalue weighted by Gasteiger charge is -2.05. The van der Waals surface area contributed by atoms with E-state index in [1.54, 1.807) is 12.1 Å². The minimum Gasteiger partial charge on any atom is -0.356 e. The normalized spacial score (nSPS) is 10.8. The zero-order valence-electron chi connectivity index (χ0n) is 10.4. The van der Waals surface area contributed by atoms with E-state index < -0.39 is 0 Å². The fourth-order valence-corrected chi connectivity index (χ4v) is 2.03. The molecule has 0 aliphatic carbocycles. The molecule has 0 saturated heterocycles. The Hall–Kier alpha value is -0.990. The Kier molecular flexibility index (Phi) is 6.84. The van der Waals surface area contributed by atoms with Gasteiger partial charge in [0, 0.05) is 23.0 Å². The molecule has 98 valence electrons. The topological polar surface area (TPSA) is 29.1 Å². The van der Waals surface area contributed by atoms with Crippen molar-refractivity contribution in [1.82, 2.24) is 5.32 Å². The van der Waals surface area contributed by atoms with Crippen LogP contribution in [-0.4, -0.2) is 12.5 Å². The molecule has 1 aromatic rings. The van der Waals surface area contributed by atoms with Crippen molar-refractivity contribution in [3.8, 4) is 0 Å². The molecule has 0 saturated carbocycles. The van der Waals surface area contributed by atoms with Crippen molar-refractivity contribution in [2.45, 2.75) is 26.2 Å². The molecule has 2 nitrogen and oxygen atoms in total. The van der Waals surface area contributed by atoms with Crippen LogP contribution >= 0.6 is 23.2 Å². The quantitative estimate of drug-likeness (QED) is 0.621. The zero-order chi connectivity index (χ0) is 13.4. The fourth-order valence-electron chi connectivity index (χ4n) is 1.52. The Balaban J connectivity index is 2.33. The van der Waals surface area contributed by atoms with E-state index in [2.05, 4.69) is 5.32 Å². The minimum atomic E-state index is 0.0468. The molecule has 0 bridgehead atoms. The van der Waals surface area contributed by atoms with E-state index in [0.717, 1.165) is 12.0 Å². The Bertz CT molecular complexity index is 430. The van der Waals surface area contributed by atoms with Crippen LogP contribution < -0.4 is 5.32 Å². The molecule has 0 unspecified atom stereocenters. The number of hydrogen-bond donors (Lipinski definition) is 1. The summed E-state index contributed by atoms with van der Waals surface area (Å²) in [6.07, 6.45) is 5.93. The van der Waals surface area contributed by atoms with Gasteiger partial charge in [-0.3, -0.25) is 4.79 Å². The molecular weight excluding hydrogens is 269 g/mol. The van der Waals surface area contributed by atoms with Gasteiger partial charge in [0.05, 0.1) is 0 Å². The molecule has 0 spiro atoms. The van der Waals surface area contributed by atoms with Gasteiger partial charge in [-0.25, -0.2) is 0 Å². The fraction of sp³-hybridized carbons (Fsp3) is 0.357. The van der Waals surface area contributed by atoms with Crippen LogP contribution in [0.15, 0.2) is 30.4 Å². The summed E-state index contributed by atoms with van der Waals surface area (Å²) in [5.74, 6) is 0.0468. The van der Waals surface area contributed by atoms with Gasteiger partial charge in [-0.1, -0.05) is 41.4 Å². The van der Waals surface area contributed by atoms with Crippen LogP contribution in [0.2, 0.25) is 10.0 Å². The van der Waals surface area contributed by atoms with E-state index in [4.69, 9.17) is 23.2 Å². The molecule has 1 rings (SSSR count). The number of halogens is 2. The number of hydrogen-bond acceptors (Lipinski definition) is 1. The Morgan fingerprint density at radius 1 is 1.39 bits per heavy atom. The SMILES string of the molecule is C/C=C/CCNC(=O)CCc1ccc(Cl)cc1Cl. The molecular formula is C14H17Cl2NO. The largest absolute Gasteiger partial charge is 0.356 e. The first-order chi connectivity index (χ1) is 8.63. The highest BCUT2D eigenvalue weighted by Gasteiger charge is 2.05. The molecule has 0 aliphatic rings. The zero-order valence-corrected chi connectivity index (χ0v) is 11.9. The third-order valence-corrected chi connectivity index (χ3v) is 3.09. The number of carbonyl (C=O) groups excluding carboxylic acids is 1. The lowest BCUT2D eigenvalue weighted by atomic mass is 10.1. The van der Waals surface area contributed by atoms with Crippen molar-refractivity contribution < 1.29 is 4.79 Å². The third-order valence-electron chi connectivity index (χ3n) is 2.51. The summed E-state index contributed by atoms with van der Waals surface area (Å²) in [7, 11) is 0. The lowest BCUT2D eigenvalue weighted by molar-refractivity contribution is -0.121. The molecule has 1 aromatic carbocycles. The van der Waals surface area contributed by atoms with Crippen LogP contribution in [0.4, 0.5) is 0 Å². The van der Waals surface area contributed by atoms with E-state index in [9.17, 15) is 4.79 Å². The number of amides is 1. The van der Waals surface area contributed by atoms with E-state index in [-0.39, 0.29) is 5.91 Å². The Labute approximate surface area is 118 Å². The Morgan fingerprint density at radius 3 is 2.83 bits per heavy atom. The second-order valence-corrected chi connectivity index (χ2v) is 4.79. The number of aryl methyl sites for hydroxylation is 1. The highest BCUT2D eigenvalue weighted by Crippen LogP contribution is 2.21. The number of nitrogens with one attached hydrogen (secondary N) is 1. The lowest BCUT2D eigenvalue weighted by Crippen LogP contribution is -2.24. The monoisotopic (exact) mass is 285 g/mol. The molecule has 0 heterocycles. The van der Waals surface area contributed by atoms with Crippen LogP contribution in [0.5, 0.6) is 0 Å². The van der Waals surface area contributed by atoms with Gasteiger partial charge in [0.25, 0.3) is 0 Å². The second-order valence-electron chi connectivity index (χ2n) is 3.94. The van der Waals surface area contributed by atoms with Crippen molar-refractivity contribution in [2.75, 3.05) is 6.54 Å². The van der Waals surface area contributed by atoms with E-state index in [1.807, 2.05) is 25.1 Å².